The van der Waals surface area contributed by atoms with Crippen LogP contribution in [0.15, 0.2) is 60.7 Å². The fourth-order valence-corrected chi connectivity index (χ4v) is 4.73. The number of rotatable bonds is 12. The number of carbonyl (C=O) groups excluding carboxylic acids is 1. The Balaban J connectivity index is 1.96. The molecular formula is C26H33N3O6. The Morgan fingerprint density at radius 2 is 1.77 bits per heavy atom. The molecule has 0 radical (unpaired) electrons. The summed E-state index contributed by atoms with van der Waals surface area (Å²) in [5.74, 6) is -2.32. The standard InChI is InChI=1S/C26H33N3O6/c1-3-17(2)25(35-16-18-10-6-4-7-11-18)21-23(26(32)27-15-14-20(30)31)28-22(24(21)29(33)34)19-12-8-5-9-13-19/h4-13,17,21-25,28H,3,14-16H2,1-2H3,(H,27,32)(H,30,31)/t17-,21?,22?,23?,24?,25?/m0/s1. The van der Waals surface area contributed by atoms with Gasteiger partial charge in [0, 0.05) is 11.5 Å². The predicted octanol–water partition coefficient (Wildman–Crippen LogP) is 3.18. The fraction of sp³-hybridized carbons (Fsp3) is 0.462. The number of ether oxygens (including phenoxy) is 1. The van der Waals surface area contributed by atoms with Gasteiger partial charge in [-0.1, -0.05) is 80.9 Å². The largest absolute Gasteiger partial charge is 0.481 e. The van der Waals surface area contributed by atoms with Gasteiger partial charge in [-0.2, -0.15) is 0 Å². The Morgan fingerprint density at radius 1 is 1.14 bits per heavy atom. The van der Waals surface area contributed by atoms with Crippen LogP contribution in [-0.4, -0.2) is 46.6 Å². The number of carboxylic acid groups (broad SMARTS) is 1. The summed E-state index contributed by atoms with van der Waals surface area (Å²) in [4.78, 5) is 36.3. The van der Waals surface area contributed by atoms with Gasteiger partial charge in [-0.3, -0.25) is 25.0 Å². The highest BCUT2D eigenvalue weighted by Gasteiger charge is 2.57. The minimum Gasteiger partial charge on any atom is -0.481 e. The van der Waals surface area contributed by atoms with E-state index in [1.807, 2.05) is 50.2 Å². The molecule has 1 saturated heterocycles. The molecule has 2 aromatic rings. The Kier molecular flexibility index (Phi) is 9.33. The number of carbonyl (C=O) groups is 2. The van der Waals surface area contributed by atoms with E-state index in [1.165, 1.54) is 0 Å². The molecule has 0 saturated carbocycles. The van der Waals surface area contributed by atoms with Crippen molar-refractivity contribution >= 4 is 11.9 Å². The van der Waals surface area contributed by atoms with Gasteiger partial charge in [0.25, 0.3) is 0 Å². The van der Waals surface area contributed by atoms with Crippen molar-refractivity contribution < 1.29 is 24.4 Å². The Hall–Kier alpha value is -3.30. The number of nitro groups is 1. The van der Waals surface area contributed by atoms with Crippen molar-refractivity contribution in [3.8, 4) is 0 Å². The monoisotopic (exact) mass is 483 g/mol. The van der Waals surface area contributed by atoms with E-state index in [1.54, 1.807) is 24.3 Å². The van der Waals surface area contributed by atoms with Crippen molar-refractivity contribution in [1.29, 1.82) is 0 Å². The molecule has 0 spiro atoms. The third-order valence-electron chi connectivity index (χ3n) is 6.67. The summed E-state index contributed by atoms with van der Waals surface area (Å²) in [5.41, 5.74) is 1.65. The highest BCUT2D eigenvalue weighted by molar-refractivity contribution is 5.83. The number of benzene rings is 2. The summed E-state index contributed by atoms with van der Waals surface area (Å²) < 4.78 is 6.33. The van der Waals surface area contributed by atoms with E-state index in [4.69, 9.17) is 9.84 Å². The molecule has 9 nitrogen and oxygen atoms in total. The first-order valence-corrected chi connectivity index (χ1v) is 11.9. The normalized spacial score (nSPS) is 23.4. The summed E-state index contributed by atoms with van der Waals surface area (Å²) in [7, 11) is 0. The third kappa shape index (κ3) is 6.64. The maximum atomic E-state index is 13.2. The van der Waals surface area contributed by atoms with E-state index in [-0.39, 0.29) is 30.4 Å². The first kappa shape index (κ1) is 26.3. The van der Waals surface area contributed by atoms with Gasteiger partial charge in [-0.05, 0) is 17.0 Å². The van der Waals surface area contributed by atoms with Crippen LogP contribution in [0, 0.1) is 22.0 Å². The summed E-state index contributed by atoms with van der Waals surface area (Å²) in [5, 5.41) is 27.2. The molecule has 188 valence electrons. The molecule has 3 rings (SSSR count). The van der Waals surface area contributed by atoms with Gasteiger partial charge in [0.05, 0.1) is 31.1 Å². The average Bonchev–Trinajstić information content (AvgIpc) is 3.26. The molecule has 1 aliphatic heterocycles. The lowest BCUT2D eigenvalue weighted by Gasteiger charge is -2.32. The minimum absolute atomic E-state index is 0.0585. The van der Waals surface area contributed by atoms with Crippen molar-refractivity contribution in [3.05, 3.63) is 81.9 Å². The van der Waals surface area contributed by atoms with Crippen LogP contribution in [0.3, 0.4) is 0 Å². The van der Waals surface area contributed by atoms with Crippen molar-refractivity contribution in [2.24, 2.45) is 11.8 Å². The first-order valence-electron chi connectivity index (χ1n) is 11.9. The number of amides is 1. The predicted molar refractivity (Wildman–Crippen MR) is 130 cm³/mol. The average molecular weight is 484 g/mol. The first-order chi connectivity index (χ1) is 16.8. The zero-order chi connectivity index (χ0) is 25.4. The van der Waals surface area contributed by atoms with Crippen LogP contribution in [0.2, 0.25) is 0 Å². The zero-order valence-electron chi connectivity index (χ0n) is 20.0. The molecule has 5 unspecified atom stereocenters. The highest BCUT2D eigenvalue weighted by Crippen LogP contribution is 2.39. The number of nitrogens with zero attached hydrogens (tertiary/aromatic N) is 1. The highest BCUT2D eigenvalue weighted by atomic mass is 16.6. The third-order valence-corrected chi connectivity index (χ3v) is 6.67. The van der Waals surface area contributed by atoms with Crippen LogP contribution >= 0.6 is 0 Å². The molecule has 0 aromatic heterocycles. The summed E-state index contributed by atoms with van der Waals surface area (Å²) in [6.07, 6.45) is -0.0977. The number of hydrogen-bond acceptors (Lipinski definition) is 6. The zero-order valence-corrected chi connectivity index (χ0v) is 20.0. The number of carboxylic acids is 1. The van der Waals surface area contributed by atoms with Crippen molar-refractivity contribution in [1.82, 2.24) is 10.6 Å². The molecule has 1 aliphatic rings. The van der Waals surface area contributed by atoms with E-state index in [2.05, 4.69) is 10.6 Å². The molecule has 9 heteroatoms. The molecule has 6 atom stereocenters. The number of hydrogen-bond donors (Lipinski definition) is 3. The molecule has 3 N–H and O–H groups in total. The van der Waals surface area contributed by atoms with Gasteiger partial charge in [-0.25, -0.2) is 0 Å². The second kappa shape index (κ2) is 12.4. The second-order valence-electron chi connectivity index (χ2n) is 8.97. The van der Waals surface area contributed by atoms with Crippen molar-refractivity contribution in [2.75, 3.05) is 6.54 Å². The van der Waals surface area contributed by atoms with Gasteiger partial charge < -0.3 is 15.2 Å². The quantitative estimate of drug-likeness (QED) is 0.312. The summed E-state index contributed by atoms with van der Waals surface area (Å²) in [6, 6.07) is 15.9. The number of aliphatic carboxylic acids is 1. The summed E-state index contributed by atoms with van der Waals surface area (Å²) >= 11 is 0. The van der Waals surface area contributed by atoms with Crippen LogP contribution < -0.4 is 10.6 Å². The SMILES string of the molecule is CC[C@H](C)C(OCc1ccccc1)C1C(C(=O)NCCC(=O)O)NC(c2ccccc2)C1[N+](=O)[O-]. The van der Waals surface area contributed by atoms with Gasteiger partial charge >= 0.3 is 5.97 Å². The van der Waals surface area contributed by atoms with Gasteiger partial charge in [-0.15, -0.1) is 0 Å². The van der Waals surface area contributed by atoms with E-state index < -0.39 is 42.0 Å². The second-order valence-corrected chi connectivity index (χ2v) is 8.97. The lowest BCUT2D eigenvalue weighted by molar-refractivity contribution is -0.535. The maximum Gasteiger partial charge on any atom is 0.305 e. The maximum absolute atomic E-state index is 13.2. The van der Waals surface area contributed by atoms with E-state index in [0.717, 1.165) is 5.56 Å². The van der Waals surface area contributed by atoms with E-state index in [0.29, 0.717) is 12.0 Å². The Labute approximate surface area is 205 Å². The fourth-order valence-electron chi connectivity index (χ4n) is 4.73. The summed E-state index contributed by atoms with van der Waals surface area (Å²) in [6.45, 7) is 4.17. The van der Waals surface area contributed by atoms with Gasteiger partial charge in [0.1, 0.15) is 6.04 Å². The lowest BCUT2D eigenvalue weighted by Crippen LogP contribution is -2.51. The Morgan fingerprint density at radius 3 is 2.34 bits per heavy atom. The molecule has 0 aliphatic carbocycles. The molecule has 35 heavy (non-hydrogen) atoms. The molecule has 1 heterocycles. The van der Waals surface area contributed by atoms with Crippen LogP contribution in [0.4, 0.5) is 0 Å². The van der Waals surface area contributed by atoms with Crippen LogP contribution in [0.25, 0.3) is 0 Å². The lowest BCUT2D eigenvalue weighted by atomic mass is 9.80. The van der Waals surface area contributed by atoms with Crippen LogP contribution in [0.1, 0.15) is 43.9 Å². The van der Waals surface area contributed by atoms with Crippen molar-refractivity contribution in [3.63, 3.8) is 0 Å². The van der Waals surface area contributed by atoms with Gasteiger partial charge in [0.2, 0.25) is 11.9 Å². The Bertz CT molecular complexity index is 987. The van der Waals surface area contributed by atoms with Gasteiger partial charge in [0.15, 0.2) is 0 Å². The molecule has 1 amide bonds. The molecular weight excluding hydrogens is 450 g/mol. The van der Waals surface area contributed by atoms with Crippen LogP contribution in [-0.2, 0) is 20.9 Å². The molecule has 1 fully saturated rings. The molecule has 0 bridgehead atoms. The van der Waals surface area contributed by atoms with E-state index in [9.17, 15) is 19.7 Å². The topological polar surface area (TPSA) is 131 Å². The number of nitrogens with one attached hydrogen (secondary N) is 2. The van der Waals surface area contributed by atoms with Crippen molar-refractivity contribution in [2.45, 2.75) is 57.5 Å². The minimum atomic E-state index is -1.11. The molecule has 2 aromatic carbocycles. The smallest absolute Gasteiger partial charge is 0.305 e. The van der Waals surface area contributed by atoms with Crippen LogP contribution in [0.5, 0.6) is 0 Å². The van der Waals surface area contributed by atoms with E-state index >= 15 is 0 Å².